The molecule has 2 nitrogen and oxygen atoms in total. The lowest BCUT2D eigenvalue weighted by atomic mass is 9.76. The van der Waals surface area contributed by atoms with Gasteiger partial charge in [-0.05, 0) is 43.6 Å². The third-order valence-corrected chi connectivity index (χ3v) is 4.91. The largest absolute Gasteiger partial charge is 0.271 e. The predicted molar refractivity (Wildman–Crippen MR) is 86.4 cm³/mol. The first kappa shape index (κ1) is 15.5. The van der Waals surface area contributed by atoms with Crippen LogP contribution in [-0.4, -0.2) is 6.04 Å². The Morgan fingerprint density at radius 1 is 1.25 bits per heavy atom. The Morgan fingerprint density at radius 2 is 2.00 bits per heavy atom. The number of hydrogen-bond acceptors (Lipinski definition) is 2. The molecular formula is C18H30N2. The molecule has 1 unspecified atom stereocenters. The molecule has 1 fully saturated rings. The van der Waals surface area contributed by atoms with Gasteiger partial charge in [0.25, 0.3) is 0 Å². The van der Waals surface area contributed by atoms with E-state index in [9.17, 15) is 0 Å². The molecule has 2 rings (SSSR count). The SMILES string of the molecule is CCCC1CCC(C(Cc2cccc(C)c2)NN)CC1. The van der Waals surface area contributed by atoms with E-state index in [-0.39, 0.29) is 0 Å². The third-order valence-electron chi connectivity index (χ3n) is 4.91. The highest BCUT2D eigenvalue weighted by atomic mass is 15.2. The molecular weight excluding hydrogens is 244 g/mol. The summed E-state index contributed by atoms with van der Waals surface area (Å²) in [5.74, 6) is 7.54. The monoisotopic (exact) mass is 274 g/mol. The van der Waals surface area contributed by atoms with E-state index in [1.54, 1.807) is 0 Å². The minimum Gasteiger partial charge on any atom is -0.271 e. The first-order valence-corrected chi connectivity index (χ1v) is 8.24. The van der Waals surface area contributed by atoms with Gasteiger partial charge in [0, 0.05) is 6.04 Å². The fourth-order valence-electron chi connectivity index (χ4n) is 3.74. The first-order chi connectivity index (χ1) is 9.72. The average Bonchev–Trinajstić information content (AvgIpc) is 2.46. The molecule has 2 heteroatoms. The maximum atomic E-state index is 5.83. The van der Waals surface area contributed by atoms with Gasteiger partial charge in [-0.3, -0.25) is 11.3 Å². The zero-order chi connectivity index (χ0) is 14.4. The highest BCUT2D eigenvalue weighted by molar-refractivity contribution is 5.23. The van der Waals surface area contributed by atoms with Gasteiger partial charge in [0.1, 0.15) is 0 Å². The maximum Gasteiger partial charge on any atom is 0.0279 e. The van der Waals surface area contributed by atoms with Crippen LogP contribution in [0.15, 0.2) is 24.3 Å². The van der Waals surface area contributed by atoms with Crippen LogP contribution in [0.3, 0.4) is 0 Å². The van der Waals surface area contributed by atoms with Gasteiger partial charge >= 0.3 is 0 Å². The van der Waals surface area contributed by atoms with Gasteiger partial charge in [-0.15, -0.1) is 0 Å². The molecule has 0 amide bonds. The van der Waals surface area contributed by atoms with E-state index in [0.717, 1.165) is 18.3 Å². The normalized spacial score (nSPS) is 24.6. The molecule has 112 valence electrons. The van der Waals surface area contributed by atoms with Crippen molar-refractivity contribution in [1.82, 2.24) is 5.43 Å². The number of hydrazine groups is 1. The summed E-state index contributed by atoms with van der Waals surface area (Å²) < 4.78 is 0. The average molecular weight is 274 g/mol. The van der Waals surface area contributed by atoms with Gasteiger partial charge in [0.05, 0.1) is 0 Å². The van der Waals surface area contributed by atoms with Crippen LogP contribution >= 0.6 is 0 Å². The van der Waals surface area contributed by atoms with Gasteiger partial charge < -0.3 is 0 Å². The Balaban J connectivity index is 1.89. The maximum absolute atomic E-state index is 5.83. The van der Waals surface area contributed by atoms with Crippen LogP contribution in [0.25, 0.3) is 0 Å². The number of nitrogens with two attached hydrogens (primary N) is 1. The molecule has 1 aliphatic rings. The van der Waals surface area contributed by atoms with E-state index in [4.69, 9.17) is 5.84 Å². The van der Waals surface area contributed by atoms with E-state index >= 15 is 0 Å². The summed E-state index contributed by atoms with van der Waals surface area (Å²) in [6, 6.07) is 9.24. The second-order valence-corrected chi connectivity index (χ2v) is 6.54. The first-order valence-electron chi connectivity index (χ1n) is 8.24. The topological polar surface area (TPSA) is 38.0 Å². The standard InChI is InChI=1S/C18H30N2/c1-3-5-15-8-10-17(11-9-15)18(20-19)13-16-7-4-6-14(2)12-16/h4,6-7,12,15,17-18,20H,3,5,8-11,13,19H2,1-2H3. The van der Waals surface area contributed by atoms with Gasteiger partial charge in [-0.2, -0.15) is 0 Å². The van der Waals surface area contributed by atoms with Gasteiger partial charge in [0.2, 0.25) is 0 Å². The number of nitrogens with one attached hydrogen (secondary N) is 1. The number of rotatable bonds is 6. The molecule has 1 aromatic rings. The van der Waals surface area contributed by atoms with Crippen LogP contribution in [0, 0.1) is 18.8 Å². The van der Waals surface area contributed by atoms with Crippen molar-refractivity contribution >= 4 is 0 Å². The van der Waals surface area contributed by atoms with Crippen molar-refractivity contribution in [3.63, 3.8) is 0 Å². The molecule has 0 aromatic heterocycles. The van der Waals surface area contributed by atoms with Crippen molar-refractivity contribution in [2.45, 2.75) is 64.8 Å². The fourth-order valence-corrected chi connectivity index (χ4v) is 3.74. The minimum atomic E-state index is 0.430. The Morgan fingerprint density at radius 3 is 2.60 bits per heavy atom. The van der Waals surface area contributed by atoms with Crippen molar-refractivity contribution in [3.05, 3.63) is 35.4 Å². The van der Waals surface area contributed by atoms with Crippen LogP contribution in [0.5, 0.6) is 0 Å². The zero-order valence-corrected chi connectivity index (χ0v) is 13.1. The minimum absolute atomic E-state index is 0.430. The fraction of sp³-hybridized carbons (Fsp3) is 0.667. The summed E-state index contributed by atoms with van der Waals surface area (Å²) in [4.78, 5) is 0. The summed E-state index contributed by atoms with van der Waals surface area (Å²) in [7, 11) is 0. The summed E-state index contributed by atoms with van der Waals surface area (Å²) in [6.45, 7) is 4.46. The number of benzene rings is 1. The number of hydrogen-bond donors (Lipinski definition) is 2. The van der Waals surface area contributed by atoms with E-state index in [0.29, 0.717) is 6.04 Å². The summed E-state index contributed by atoms with van der Waals surface area (Å²) >= 11 is 0. The molecule has 0 heterocycles. The molecule has 1 aromatic carbocycles. The predicted octanol–water partition coefficient (Wildman–Crippen LogP) is 3.98. The zero-order valence-electron chi connectivity index (χ0n) is 13.1. The van der Waals surface area contributed by atoms with Crippen molar-refractivity contribution in [2.24, 2.45) is 17.7 Å². The van der Waals surface area contributed by atoms with Crippen LogP contribution < -0.4 is 11.3 Å². The number of aryl methyl sites for hydroxylation is 1. The molecule has 1 atom stereocenters. The molecule has 0 saturated heterocycles. The van der Waals surface area contributed by atoms with Gasteiger partial charge in [-0.1, -0.05) is 62.4 Å². The second-order valence-electron chi connectivity index (χ2n) is 6.54. The molecule has 1 saturated carbocycles. The van der Waals surface area contributed by atoms with E-state index in [1.165, 1.54) is 49.7 Å². The summed E-state index contributed by atoms with van der Waals surface area (Å²) in [6.07, 6.45) is 9.26. The Labute approximate surface area is 124 Å². The summed E-state index contributed by atoms with van der Waals surface area (Å²) in [5, 5.41) is 0. The van der Waals surface area contributed by atoms with Crippen LogP contribution in [0.1, 0.15) is 56.6 Å². The lowest BCUT2D eigenvalue weighted by molar-refractivity contribution is 0.213. The third kappa shape index (κ3) is 4.32. The Kier molecular flexibility index (Phi) is 6.06. The molecule has 0 bridgehead atoms. The second kappa shape index (κ2) is 7.80. The molecule has 0 aliphatic heterocycles. The van der Waals surface area contributed by atoms with Crippen molar-refractivity contribution in [2.75, 3.05) is 0 Å². The Bertz CT molecular complexity index is 394. The molecule has 0 radical (unpaired) electrons. The summed E-state index contributed by atoms with van der Waals surface area (Å²) in [5.41, 5.74) is 5.83. The molecule has 1 aliphatic carbocycles. The van der Waals surface area contributed by atoms with E-state index < -0.39 is 0 Å². The highest BCUT2D eigenvalue weighted by Gasteiger charge is 2.26. The molecule has 20 heavy (non-hydrogen) atoms. The molecule has 3 N–H and O–H groups in total. The smallest absolute Gasteiger partial charge is 0.0279 e. The van der Waals surface area contributed by atoms with Crippen molar-refractivity contribution in [1.29, 1.82) is 0 Å². The lowest BCUT2D eigenvalue weighted by Gasteiger charge is -2.33. The van der Waals surface area contributed by atoms with Crippen LogP contribution in [0.2, 0.25) is 0 Å². The van der Waals surface area contributed by atoms with Crippen molar-refractivity contribution < 1.29 is 0 Å². The highest BCUT2D eigenvalue weighted by Crippen LogP contribution is 2.33. The lowest BCUT2D eigenvalue weighted by Crippen LogP contribution is -2.43. The molecule has 0 spiro atoms. The quantitative estimate of drug-likeness (QED) is 0.608. The van der Waals surface area contributed by atoms with E-state index in [2.05, 4.69) is 43.5 Å². The van der Waals surface area contributed by atoms with Crippen molar-refractivity contribution in [3.8, 4) is 0 Å². The van der Waals surface area contributed by atoms with Crippen LogP contribution in [0.4, 0.5) is 0 Å². The van der Waals surface area contributed by atoms with Gasteiger partial charge in [0.15, 0.2) is 0 Å². The Hall–Kier alpha value is -0.860. The van der Waals surface area contributed by atoms with E-state index in [1.807, 2.05) is 0 Å². The van der Waals surface area contributed by atoms with Gasteiger partial charge in [-0.25, -0.2) is 0 Å². The van der Waals surface area contributed by atoms with Crippen LogP contribution in [-0.2, 0) is 6.42 Å².